The van der Waals surface area contributed by atoms with Crippen LogP contribution < -0.4 is 15.5 Å². The highest BCUT2D eigenvalue weighted by molar-refractivity contribution is 14.0. The van der Waals surface area contributed by atoms with Crippen LogP contribution in [0.4, 0.5) is 5.69 Å². The molecule has 1 aliphatic rings. The van der Waals surface area contributed by atoms with Gasteiger partial charge in [-0.25, -0.2) is 0 Å². The van der Waals surface area contributed by atoms with Crippen molar-refractivity contribution >= 4 is 35.6 Å². The molecular weight excluding hydrogens is 387 g/mol. The molecule has 2 N–H and O–H groups in total. The molecule has 2 rings (SSSR count). The van der Waals surface area contributed by atoms with E-state index >= 15 is 0 Å². The third-order valence-corrected chi connectivity index (χ3v) is 3.61. The van der Waals surface area contributed by atoms with Crippen molar-refractivity contribution in [2.45, 2.75) is 33.2 Å². The van der Waals surface area contributed by atoms with Gasteiger partial charge in [-0.2, -0.15) is 0 Å². The maximum atomic E-state index is 4.65. The Morgan fingerprint density at radius 2 is 2.05 bits per heavy atom. The summed E-state index contributed by atoms with van der Waals surface area (Å²) in [5.74, 6) is 1.54. The summed E-state index contributed by atoms with van der Waals surface area (Å²) in [7, 11) is 0. The number of para-hydroxylation sites is 1. The molecule has 0 aliphatic carbocycles. The van der Waals surface area contributed by atoms with Crippen LogP contribution in [0.5, 0.6) is 0 Å². The second kappa shape index (κ2) is 9.92. The molecule has 1 unspecified atom stereocenters. The quantitative estimate of drug-likeness (QED) is 0.440. The van der Waals surface area contributed by atoms with E-state index in [1.54, 1.807) is 0 Å². The SMILES string of the molecule is CCNC(=NCC(C)C)NC1CCN(c2ccccc2)C1.I. The minimum absolute atomic E-state index is 0. The fourth-order valence-electron chi connectivity index (χ4n) is 2.54. The Balaban J connectivity index is 0.00000242. The summed E-state index contributed by atoms with van der Waals surface area (Å²) in [6, 6.07) is 11.1. The van der Waals surface area contributed by atoms with Gasteiger partial charge in [0, 0.05) is 37.9 Å². The number of nitrogens with one attached hydrogen (secondary N) is 2. The average Bonchev–Trinajstić information content (AvgIpc) is 2.94. The van der Waals surface area contributed by atoms with E-state index in [0.29, 0.717) is 12.0 Å². The maximum Gasteiger partial charge on any atom is 0.191 e. The number of nitrogens with zero attached hydrogens (tertiary/aromatic N) is 2. The monoisotopic (exact) mass is 416 g/mol. The van der Waals surface area contributed by atoms with E-state index in [0.717, 1.165) is 38.6 Å². The number of hydrogen-bond acceptors (Lipinski definition) is 2. The summed E-state index contributed by atoms with van der Waals surface area (Å²) in [6.07, 6.45) is 1.15. The Labute approximate surface area is 151 Å². The van der Waals surface area contributed by atoms with Crippen molar-refractivity contribution < 1.29 is 0 Å². The first-order valence-corrected chi connectivity index (χ1v) is 8.04. The first-order valence-electron chi connectivity index (χ1n) is 8.04. The van der Waals surface area contributed by atoms with Gasteiger partial charge in [0.15, 0.2) is 5.96 Å². The van der Waals surface area contributed by atoms with Gasteiger partial charge >= 0.3 is 0 Å². The highest BCUT2D eigenvalue weighted by Gasteiger charge is 2.23. The minimum Gasteiger partial charge on any atom is -0.369 e. The van der Waals surface area contributed by atoms with Crippen LogP contribution in [0.1, 0.15) is 27.2 Å². The molecule has 5 heteroatoms. The van der Waals surface area contributed by atoms with Gasteiger partial charge in [-0.05, 0) is 31.4 Å². The summed E-state index contributed by atoms with van der Waals surface area (Å²) < 4.78 is 0. The van der Waals surface area contributed by atoms with E-state index in [1.807, 2.05) is 0 Å². The van der Waals surface area contributed by atoms with E-state index in [9.17, 15) is 0 Å². The number of hydrogen-bond donors (Lipinski definition) is 2. The van der Waals surface area contributed by atoms with Crippen LogP contribution in [0, 0.1) is 5.92 Å². The van der Waals surface area contributed by atoms with Crippen molar-refractivity contribution in [3.05, 3.63) is 30.3 Å². The predicted octanol–water partition coefficient (Wildman–Crippen LogP) is 3.09. The Hall–Kier alpha value is -0.980. The maximum absolute atomic E-state index is 4.65. The van der Waals surface area contributed by atoms with Gasteiger partial charge in [0.1, 0.15) is 0 Å². The van der Waals surface area contributed by atoms with Crippen molar-refractivity contribution in [1.29, 1.82) is 0 Å². The Morgan fingerprint density at radius 3 is 2.68 bits per heavy atom. The van der Waals surface area contributed by atoms with Crippen LogP contribution in [0.15, 0.2) is 35.3 Å². The second-order valence-corrected chi connectivity index (χ2v) is 6.02. The fraction of sp³-hybridized carbons (Fsp3) is 0.588. The number of guanidine groups is 1. The normalized spacial score (nSPS) is 18.3. The lowest BCUT2D eigenvalue weighted by atomic mass is 10.2. The molecule has 1 heterocycles. The molecule has 1 fully saturated rings. The molecule has 0 radical (unpaired) electrons. The van der Waals surface area contributed by atoms with Crippen LogP contribution in [-0.2, 0) is 0 Å². The zero-order valence-electron chi connectivity index (χ0n) is 13.9. The third-order valence-electron chi connectivity index (χ3n) is 3.61. The van der Waals surface area contributed by atoms with Gasteiger partial charge in [0.2, 0.25) is 0 Å². The Bertz CT molecular complexity index is 447. The number of benzene rings is 1. The molecule has 22 heavy (non-hydrogen) atoms. The molecule has 1 saturated heterocycles. The molecule has 4 nitrogen and oxygen atoms in total. The summed E-state index contributed by atoms with van der Waals surface area (Å²) in [5, 5.41) is 6.91. The Kier molecular flexibility index (Phi) is 8.60. The lowest BCUT2D eigenvalue weighted by Crippen LogP contribution is -2.44. The number of halogens is 1. The summed E-state index contributed by atoms with van der Waals surface area (Å²) in [4.78, 5) is 7.08. The molecule has 1 atom stereocenters. The van der Waals surface area contributed by atoms with Crippen molar-refractivity contribution in [2.75, 3.05) is 31.1 Å². The van der Waals surface area contributed by atoms with Gasteiger partial charge in [0.05, 0.1) is 0 Å². The van der Waals surface area contributed by atoms with Gasteiger partial charge in [0.25, 0.3) is 0 Å². The largest absolute Gasteiger partial charge is 0.369 e. The van der Waals surface area contributed by atoms with Crippen LogP contribution in [0.2, 0.25) is 0 Å². The zero-order chi connectivity index (χ0) is 15.1. The van der Waals surface area contributed by atoms with Crippen molar-refractivity contribution in [1.82, 2.24) is 10.6 Å². The molecule has 1 aliphatic heterocycles. The van der Waals surface area contributed by atoms with Crippen LogP contribution in [0.3, 0.4) is 0 Å². The second-order valence-electron chi connectivity index (χ2n) is 6.02. The lowest BCUT2D eigenvalue weighted by molar-refractivity contribution is 0.628. The molecule has 0 spiro atoms. The molecule has 0 bridgehead atoms. The van der Waals surface area contributed by atoms with E-state index in [1.165, 1.54) is 5.69 Å². The molecule has 1 aromatic carbocycles. The number of anilines is 1. The van der Waals surface area contributed by atoms with E-state index in [4.69, 9.17) is 0 Å². The molecular formula is C17H29IN4. The van der Waals surface area contributed by atoms with Gasteiger partial charge < -0.3 is 15.5 Å². The minimum atomic E-state index is 0. The molecule has 1 aromatic rings. The van der Waals surface area contributed by atoms with Crippen molar-refractivity contribution in [3.8, 4) is 0 Å². The lowest BCUT2D eigenvalue weighted by Gasteiger charge is -2.20. The van der Waals surface area contributed by atoms with Crippen LogP contribution >= 0.6 is 24.0 Å². The predicted molar refractivity (Wildman–Crippen MR) is 106 cm³/mol. The third kappa shape index (κ3) is 6.02. The van der Waals surface area contributed by atoms with Gasteiger partial charge in [-0.1, -0.05) is 32.0 Å². The summed E-state index contributed by atoms with van der Waals surface area (Å²) in [5.41, 5.74) is 1.31. The first kappa shape index (κ1) is 19.1. The summed E-state index contributed by atoms with van der Waals surface area (Å²) in [6.45, 7) is 10.4. The fourth-order valence-corrected chi connectivity index (χ4v) is 2.54. The van der Waals surface area contributed by atoms with Gasteiger partial charge in [-0.3, -0.25) is 4.99 Å². The molecule has 0 aromatic heterocycles. The Morgan fingerprint density at radius 1 is 1.32 bits per heavy atom. The standard InChI is InChI=1S/C17H28N4.HI/c1-4-18-17(19-12-14(2)3)20-15-10-11-21(13-15)16-8-6-5-7-9-16;/h5-9,14-15H,4,10-13H2,1-3H3,(H2,18,19,20);1H. The van der Waals surface area contributed by atoms with Crippen LogP contribution in [0.25, 0.3) is 0 Å². The molecule has 0 saturated carbocycles. The smallest absolute Gasteiger partial charge is 0.191 e. The number of aliphatic imine (C=N–C) groups is 1. The van der Waals surface area contributed by atoms with E-state index in [-0.39, 0.29) is 24.0 Å². The highest BCUT2D eigenvalue weighted by atomic mass is 127. The zero-order valence-corrected chi connectivity index (χ0v) is 16.2. The topological polar surface area (TPSA) is 39.7 Å². The average molecular weight is 416 g/mol. The van der Waals surface area contributed by atoms with E-state index < -0.39 is 0 Å². The molecule has 124 valence electrons. The highest BCUT2D eigenvalue weighted by Crippen LogP contribution is 2.19. The molecule has 0 amide bonds. The van der Waals surface area contributed by atoms with Crippen LogP contribution in [-0.4, -0.2) is 38.2 Å². The number of rotatable bonds is 5. The first-order chi connectivity index (χ1) is 10.2. The summed E-state index contributed by atoms with van der Waals surface area (Å²) >= 11 is 0. The van der Waals surface area contributed by atoms with Gasteiger partial charge in [-0.15, -0.1) is 24.0 Å². The van der Waals surface area contributed by atoms with E-state index in [2.05, 4.69) is 71.6 Å². The van der Waals surface area contributed by atoms with Crippen molar-refractivity contribution in [2.24, 2.45) is 10.9 Å². The van der Waals surface area contributed by atoms with Crippen molar-refractivity contribution in [3.63, 3.8) is 0 Å².